The molecular formula is C15H19FN2. The summed E-state index contributed by atoms with van der Waals surface area (Å²) < 4.78 is 15.8. The molecule has 0 bridgehead atoms. The monoisotopic (exact) mass is 246 g/mol. The molecule has 2 N–H and O–H groups in total. The average molecular weight is 246 g/mol. The van der Waals surface area contributed by atoms with Gasteiger partial charge in [-0.05, 0) is 49.4 Å². The van der Waals surface area contributed by atoms with Gasteiger partial charge in [0.25, 0.3) is 0 Å². The molecule has 96 valence electrons. The van der Waals surface area contributed by atoms with Crippen molar-refractivity contribution in [3.8, 4) is 0 Å². The van der Waals surface area contributed by atoms with Crippen LogP contribution in [0.4, 0.5) is 4.39 Å². The number of halogens is 1. The molecule has 0 fully saturated rings. The highest BCUT2D eigenvalue weighted by Crippen LogP contribution is 2.32. The number of nitrogens with two attached hydrogens (primary N) is 1. The minimum Gasteiger partial charge on any atom is -0.344 e. The van der Waals surface area contributed by atoms with Crippen LogP contribution in [-0.4, -0.2) is 10.6 Å². The Morgan fingerprint density at radius 2 is 2.28 bits per heavy atom. The minimum absolute atomic E-state index is 0.155. The summed E-state index contributed by atoms with van der Waals surface area (Å²) in [5, 5.41) is 1.06. The summed E-state index contributed by atoms with van der Waals surface area (Å²) in [4.78, 5) is 0. The molecule has 0 amide bonds. The second-order valence-electron chi connectivity index (χ2n) is 5.24. The van der Waals surface area contributed by atoms with Crippen molar-refractivity contribution in [1.29, 1.82) is 0 Å². The molecule has 2 aromatic rings. The van der Waals surface area contributed by atoms with Crippen LogP contribution in [-0.2, 0) is 19.4 Å². The predicted octanol–water partition coefficient (Wildman–Crippen LogP) is 3.01. The van der Waals surface area contributed by atoms with Crippen LogP contribution >= 0.6 is 0 Å². The van der Waals surface area contributed by atoms with E-state index in [9.17, 15) is 4.39 Å². The summed E-state index contributed by atoms with van der Waals surface area (Å²) in [5.74, 6) is -0.155. The third-order valence-electron chi connectivity index (χ3n) is 3.91. The van der Waals surface area contributed by atoms with E-state index in [1.54, 1.807) is 12.1 Å². The standard InChI is InChI=1S/C15H19FN2/c1-2-7-18-14-5-3-10(16)8-12(14)13-9-11(17)4-6-15(13)18/h3,5,8,11H,2,4,6-7,9,17H2,1H3/t11-/m0/s1. The van der Waals surface area contributed by atoms with E-state index >= 15 is 0 Å². The Balaban J connectivity index is 2.26. The highest BCUT2D eigenvalue weighted by Gasteiger charge is 2.23. The van der Waals surface area contributed by atoms with E-state index in [0.717, 1.165) is 43.1 Å². The number of hydrogen-bond acceptors (Lipinski definition) is 1. The number of fused-ring (bicyclic) bond motifs is 3. The van der Waals surface area contributed by atoms with Crippen molar-refractivity contribution in [3.63, 3.8) is 0 Å². The van der Waals surface area contributed by atoms with Crippen molar-refractivity contribution < 1.29 is 4.39 Å². The molecule has 18 heavy (non-hydrogen) atoms. The maximum absolute atomic E-state index is 13.5. The number of aryl methyl sites for hydroxylation is 1. The topological polar surface area (TPSA) is 30.9 Å². The average Bonchev–Trinajstić information content (AvgIpc) is 2.64. The van der Waals surface area contributed by atoms with Crippen LogP contribution in [0, 0.1) is 5.82 Å². The molecule has 0 saturated carbocycles. The molecule has 1 aromatic carbocycles. The Morgan fingerprint density at radius 1 is 1.44 bits per heavy atom. The van der Waals surface area contributed by atoms with Crippen molar-refractivity contribution in [3.05, 3.63) is 35.3 Å². The molecule has 3 rings (SSSR count). The van der Waals surface area contributed by atoms with Gasteiger partial charge in [0, 0.05) is 29.2 Å². The van der Waals surface area contributed by atoms with Crippen LogP contribution in [0.25, 0.3) is 10.9 Å². The van der Waals surface area contributed by atoms with Crippen molar-refractivity contribution >= 4 is 10.9 Å². The molecule has 1 aromatic heterocycles. The van der Waals surface area contributed by atoms with E-state index in [4.69, 9.17) is 5.73 Å². The van der Waals surface area contributed by atoms with Crippen molar-refractivity contribution in [1.82, 2.24) is 4.57 Å². The molecule has 3 heteroatoms. The third-order valence-corrected chi connectivity index (χ3v) is 3.91. The van der Waals surface area contributed by atoms with Crippen LogP contribution in [0.2, 0.25) is 0 Å². The maximum Gasteiger partial charge on any atom is 0.123 e. The van der Waals surface area contributed by atoms with Gasteiger partial charge in [-0.3, -0.25) is 0 Å². The first-order valence-corrected chi connectivity index (χ1v) is 6.75. The molecule has 1 atom stereocenters. The van der Waals surface area contributed by atoms with Gasteiger partial charge in [0.1, 0.15) is 5.82 Å². The Morgan fingerprint density at radius 3 is 3.06 bits per heavy atom. The van der Waals surface area contributed by atoms with Gasteiger partial charge in [0.05, 0.1) is 0 Å². The fraction of sp³-hybridized carbons (Fsp3) is 0.467. The van der Waals surface area contributed by atoms with Crippen molar-refractivity contribution in [2.24, 2.45) is 5.73 Å². The van der Waals surface area contributed by atoms with E-state index in [2.05, 4.69) is 11.5 Å². The summed E-state index contributed by atoms with van der Waals surface area (Å²) in [5.41, 5.74) is 9.87. The van der Waals surface area contributed by atoms with E-state index in [-0.39, 0.29) is 11.9 Å². The highest BCUT2D eigenvalue weighted by atomic mass is 19.1. The lowest BCUT2D eigenvalue weighted by atomic mass is 9.92. The molecular weight excluding hydrogens is 227 g/mol. The third kappa shape index (κ3) is 1.74. The molecule has 1 aliphatic carbocycles. The Kier molecular flexibility index (Phi) is 2.86. The fourth-order valence-corrected chi connectivity index (χ4v) is 3.13. The maximum atomic E-state index is 13.5. The summed E-state index contributed by atoms with van der Waals surface area (Å²) in [6.07, 6.45) is 4.04. The second-order valence-corrected chi connectivity index (χ2v) is 5.24. The van der Waals surface area contributed by atoms with Gasteiger partial charge in [-0.2, -0.15) is 0 Å². The van der Waals surface area contributed by atoms with Gasteiger partial charge in [0.15, 0.2) is 0 Å². The summed E-state index contributed by atoms with van der Waals surface area (Å²) in [6, 6.07) is 5.35. The normalized spacial score (nSPS) is 19.2. The number of benzene rings is 1. The van der Waals surface area contributed by atoms with E-state index in [1.807, 2.05) is 6.07 Å². The van der Waals surface area contributed by atoms with Crippen molar-refractivity contribution in [2.75, 3.05) is 0 Å². The van der Waals surface area contributed by atoms with Gasteiger partial charge in [-0.15, -0.1) is 0 Å². The smallest absolute Gasteiger partial charge is 0.123 e. The zero-order chi connectivity index (χ0) is 12.7. The van der Waals surface area contributed by atoms with Gasteiger partial charge < -0.3 is 10.3 Å². The van der Waals surface area contributed by atoms with Crippen LogP contribution in [0.1, 0.15) is 31.0 Å². The Hall–Kier alpha value is -1.35. The lowest BCUT2D eigenvalue weighted by molar-refractivity contribution is 0.545. The highest BCUT2D eigenvalue weighted by molar-refractivity contribution is 5.86. The summed E-state index contributed by atoms with van der Waals surface area (Å²) in [7, 11) is 0. The van der Waals surface area contributed by atoms with Gasteiger partial charge in [-0.1, -0.05) is 6.92 Å². The Labute approximate surface area is 107 Å². The zero-order valence-electron chi connectivity index (χ0n) is 10.7. The van der Waals surface area contributed by atoms with E-state index < -0.39 is 0 Å². The van der Waals surface area contributed by atoms with Gasteiger partial charge >= 0.3 is 0 Å². The van der Waals surface area contributed by atoms with Crippen LogP contribution in [0.15, 0.2) is 18.2 Å². The van der Waals surface area contributed by atoms with Crippen LogP contribution < -0.4 is 5.73 Å². The SMILES string of the molecule is CCCn1c2c(c3cc(F)ccc31)C[C@@H](N)CC2. The molecule has 0 saturated heterocycles. The van der Waals surface area contributed by atoms with E-state index in [1.165, 1.54) is 11.3 Å². The van der Waals surface area contributed by atoms with Gasteiger partial charge in [0.2, 0.25) is 0 Å². The Bertz CT molecular complexity index is 586. The molecule has 0 spiro atoms. The van der Waals surface area contributed by atoms with E-state index in [0.29, 0.717) is 0 Å². The lowest BCUT2D eigenvalue weighted by Gasteiger charge is -2.20. The lowest BCUT2D eigenvalue weighted by Crippen LogP contribution is -2.28. The summed E-state index contributed by atoms with van der Waals surface area (Å²) in [6.45, 7) is 3.18. The van der Waals surface area contributed by atoms with Crippen LogP contribution in [0.5, 0.6) is 0 Å². The van der Waals surface area contributed by atoms with Crippen LogP contribution in [0.3, 0.4) is 0 Å². The number of nitrogens with zero attached hydrogens (tertiary/aromatic N) is 1. The first kappa shape index (κ1) is 11.7. The first-order valence-electron chi connectivity index (χ1n) is 6.75. The van der Waals surface area contributed by atoms with Gasteiger partial charge in [-0.25, -0.2) is 4.39 Å². The minimum atomic E-state index is -0.155. The molecule has 0 aliphatic heterocycles. The number of rotatable bonds is 2. The fourth-order valence-electron chi connectivity index (χ4n) is 3.13. The molecule has 0 unspecified atom stereocenters. The summed E-state index contributed by atoms with van der Waals surface area (Å²) >= 11 is 0. The molecule has 1 aliphatic rings. The first-order chi connectivity index (χ1) is 8.70. The predicted molar refractivity (Wildman–Crippen MR) is 72.2 cm³/mol. The quantitative estimate of drug-likeness (QED) is 0.867. The second kappa shape index (κ2) is 4.39. The molecule has 1 heterocycles. The number of aromatic nitrogens is 1. The number of hydrogen-bond donors (Lipinski definition) is 1. The molecule has 0 radical (unpaired) electrons. The largest absolute Gasteiger partial charge is 0.344 e. The van der Waals surface area contributed by atoms with Crippen molar-refractivity contribution in [2.45, 2.75) is 45.2 Å². The molecule has 2 nitrogen and oxygen atoms in total. The zero-order valence-corrected chi connectivity index (χ0v) is 10.7.